The van der Waals surface area contributed by atoms with E-state index in [0.717, 1.165) is 32.2 Å². The zero-order chi connectivity index (χ0) is 23.8. The number of phenols is 1. The molecule has 0 bridgehead atoms. The van der Waals surface area contributed by atoms with Gasteiger partial charge in [-0.2, -0.15) is 0 Å². The SMILES string of the molecule is COc1ccc(-c2nc3sc4ccccc4n3c2Nc2cc(OC)c(OC)c(OC)c2)cc1O. The third kappa shape index (κ3) is 3.50. The predicted octanol–water partition coefficient (Wildman–Crippen LogP) is 5.70. The quantitative estimate of drug-likeness (QED) is 0.311. The highest BCUT2D eigenvalue weighted by Gasteiger charge is 2.21. The number of thiazole rings is 1. The Hall–Kier alpha value is -4.11. The van der Waals surface area contributed by atoms with Gasteiger partial charge in [0.1, 0.15) is 11.5 Å². The molecule has 34 heavy (non-hydrogen) atoms. The Morgan fingerprint density at radius 3 is 2.21 bits per heavy atom. The first-order valence-electron chi connectivity index (χ1n) is 10.4. The summed E-state index contributed by atoms with van der Waals surface area (Å²) in [5, 5.41) is 13.9. The minimum Gasteiger partial charge on any atom is -0.504 e. The molecule has 0 amide bonds. The third-order valence-corrected chi connectivity index (χ3v) is 6.56. The Kier molecular flexibility index (Phi) is 5.54. The van der Waals surface area contributed by atoms with E-state index in [1.165, 1.54) is 7.11 Å². The van der Waals surface area contributed by atoms with Crippen LogP contribution in [0, 0.1) is 0 Å². The molecule has 9 heteroatoms. The van der Waals surface area contributed by atoms with Crippen molar-refractivity contribution >= 4 is 38.0 Å². The van der Waals surface area contributed by atoms with Crippen LogP contribution in [0.25, 0.3) is 26.4 Å². The average Bonchev–Trinajstić information content (AvgIpc) is 3.39. The lowest BCUT2D eigenvalue weighted by Gasteiger charge is -2.16. The fraction of sp³-hybridized carbons (Fsp3) is 0.160. The van der Waals surface area contributed by atoms with Crippen LogP contribution in [0.15, 0.2) is 54.6 Å². The molecule has 2 N–H and O–H groups in total. The fourth-order valence-electron chi connectivity index (χ4n) is 3.96. The van der Waals surface area contributed by atoms with Crippen LogP contribution in [-0.2, 0) is 0 Å². The summed E-state index contributed by atoms with van der Waals surface area (Å²) in [4.78, 5) is 5.73. The zero-order valence-electron chi connectivity index (χ0n) is 19.1. The number of fused-ring (bicyclic) bond motifs is 3. The lowest BCUT2D eigenvalue weighted by atomic mass is 10.1. The van der Waals surface area contributed by atoms with Crippen LogP contribution >= 0.6 is 11.3 Å². The lowest BCUT2D eigenvalue weighted by Crippen LogP contribution is -2.00. The number of hydrogen-bond acceptors (Lipinski definition) is 8. The number of nitrogens with zero attached hydrogens (tertiary/aromatic N) is 2. The van der Waals surface area contributed by atoms with Gasteiger partial charge in [0.05, 0.1) is 38.7 Å². The monoisotopic (exact) mass is 477 g/mol. The van der Waals surface area contributed by atoms with Crippen LogP contribution < -0.4 is 24.3 Å². The fourth-order valence-corrected chi connectivity index (χ4v) is 4.99. The van der Waals surface area contributed by atoms with E-state index in [-0.39, 0.29) is 5.75 Å². The summed E-state index contributed by atoms with van der Waals surface area (Å²) >= 11 is 1.59. The zero-order valence-corrected chi connectivity index (χ0v) is 19.9. The molecule has 8 nitrogen and oxygen atoms in total. The van der Waals surface area contributed by atoms with Gasteiger partial charge in [-0.25, -0.2) is 4.98 Å². The molecule has 0 atom stereocenters. The highest BCUT2D eigenvalue weighted by Crippen LogP contribution is 2.43. The molecule has 0 fully saturated rings. The Morgan fingerprint density at radius 1 is 0.853 bits per heavy atom. The molecule has 0 saturated carbocycles. The predicted molar refractivity (Wildman–Crippen MR) is 134 cm³/mol. The molecule has 0 unspecified atom stereocenters. The van der Waals surface area contributed by atoms with E-state index in [1.807, 2.05) is 30.3 Å². The molecule has 2 heterocycles. The molecule has 3 aromatic carbocycles. The molecule has 0 aliphatic heterocycles. The summed E-state index contributed by atoms with van der Waals surface area (Å²) < 4.78 is 24.9. The van der Waals surface area contributed by atoms with Gasteiger partial charge >= 0.3 is 0 Å². The van der Waals surface area contributed by atoms with E-state index in [0.29, 0.717) is 28.7 Å². The molecule has 174 valence electrons. The maximum absolute atomic E-state index is 10.4. The van der Waals surface area contributed by atoms with E-state index < -0.39 is 0 Å². The number of rotatable bonds is 7. The van der Waals surface area contributed by atoms with Crippen molar-refractivity contribution in [2.75, 3.05) is 33.8 Å². The van der Waals surface area contributed by atoms with Crippen molar-refractivity contribution in [1.82, 2.24) is 9.38 Å². The molecule has 0 saturated heterocycles. The largest absolute Gasteiger partial charge is 0.504 e. The molecule has 0 spiro atoms. The molecular weight excluding hydrogens is 454 g/mol. The standard InChI is InChI=1S/C25H23N3O5S/c1-30-18-10-9-14(11-17(18)29)22-24(28-16-7-5-6-8-21(16)34-25(28)27-22)26-15-12-19(31-2)23(33-4)20(13-15)32-3/h5-13,26,29H,1-4H3. The summed E-state index contributed by atoms with van der Waals surface area (Å²) in [7, 11) is 6.25. The summed E-state index contributed by atoms with van der Waals surface area (Å²) in [6, 6.07) is 17.0. The van der Waals surface area contributed by atoms with Crippen molar-refractivity contribution in [3.05, 3.63) is 54.6 Å². The van der Waals surface area contributed by atoms with Crippen molar-refractivity contribution in [1.29, 1.82) is 0 Å². The molecule has 2 aromatic heterocycles. The Bertz CT molecular complexity index is 1480. The Labute approximate surface area is 199 Å². The van der Waals surface area contributed by atoms with E-state index >= 15 is 0 Å². The second-order valence-electron chi connectivity index (χ2n) is 7.42. The van der Waals surface area contributed by atoms with Gasteiger partial charge in [-0.3, -0.25) is 4.40 Å². The normalized spacial score (nSPS) is 11.1. The maximum atomic E-state index is 10.4. The van der Waals surface area contributed by atoms with Crippen LogP contribution in [0.3, 0.4) is 0 Å². The van der Waals surface area contributed by atoms with Crippen LogP contribution in [0.4, 0.5) is 11.5 Å². The number of imidazole rings is 1. The first kappa shape index (κ1) is 21.7. The number of hydrogen-bond donors (Lipinski definition) is 2. The van der Waals surface area contributed by atoms with Crippen molar-refractivity contribution < 1.29 is 24.1 Å². The lowest BCUT2D eigenvalue weighted by molar-refractivity contribution is 0.324. The minimum absolute atomic E-state index is 0.0416. The van der Waals surface area contributed by atoms with E-state index in [1.54, 1.807) is 44.8 Å². The van der Waals surface area contributed by atoms with E-state index in [2.05, 4.69) is 21.9 Å². The van der Waals surface area contributed by atoms with Crippen LogP contribution in [0.2, 0.25) is 0 Å². The minimum atomic E-state index is 0.0416. The number of aromatic hydroxyl groups is 1. The Balaban J connectivity index is 1.73. The van der Waals surface area contributed by atoms with Crippen LogP contribution in [0.5, 0.6) is 28.7 Å². The number of nitrogens with one attached hydrogen (secondary N) is 1. The average molecular weight is 478 g/mol. The van der Waals surface area contributed by atoms with E-state index in [4.69, 9.17) is 23.9 Å². The number of methoxy groups -OCH3 is 4. The second kappa shape index (κ2) is 8.68. The first-order chi connectivity index (χ1) is 16.6. The number of para-hydroxylation sites is 1. The topological polar surface area (TPSA) is 86.5 Å². The van der Waals surface area contributed by atoms with Crippen molar-refractivity contribution in [3.63, 3.8) is 0 Å². The summed E-state index contributed by atoms with van der Waals surface area (Å²) in [6.07, 6.45) is 0. The van der Waals surface area contributed by atoms with Gasteiger partial charge in [0.2, 0.25) is 5.75 Å². The van der Waals surface area contributed by atoms with Gasteiger partial charge in [-0.05, 0) is 30.3 Å². The molecule has 5 rings (SSSR count). The van der Waals surface area contributed by atoms with E-state index in [9.17, 15) is 5.11 Å². The van der Waals surface area contributed by atoms with Crippen LogP contribution in [-0.4, -0.2) is 42.9 Å². The number of benzene rings is 3. The van der Waals surface area contributed by atoms with Crippen molar-refractivity contribution in [2.45, 2.75) is 0 Å². The van der Waals surface area contributed by atoms with Crippen molar-refractivity contribution in [2.24, 2.45) is 0 Å². The molecule has 5 aromatic rings. The smallest absolute Gasteiger partial charge is 0.203 e. The summed E-state index contributed by atoms with van der Waals surface area (Å²) in [5.74, 6) is 2.75. The van der Waals surface area contributed by atoms with Gasteiger partial charge < -0.3 is 29.4 Å². The molecule has 0 radical (unpaired) electrons. The summed E-state index contributed by atoms with van der Waals surface area (Å²) in [6.45, 7) is 0. The second-order valence-corrected chi connectivity index (χ2v) is 8.43. The molecule has 0 aliphatic rings. The van der Waals surface area contributed by atoms with Gasteiger partial charge in [-0.1, -0.05) is 23.5 Å². The number of aromatic nitrogens is 2. The summed E-state index contributed by atoms with van der Waals surface area (Å²) in [5.41, 5.74) is 3.18. The molecule has 0 aliphatic carbocycles. The van der Waals surface area contributed by atoms with Gasteiger partial charge in [0.25, 0.3) is 0 Å². The maximum Gasteiger partial charge on any atom is 0.203 e. The number of phenolic OH excluding ortho intramolecular Hbond substituents is 1. The number of anilines is 2. The van der Waals surface area contributed by atoms with Gasteiger partial charge in [0, 0.05) is 23.4 Å². The Morgan fingerprint density at radius 2 is 1.56 bits per heavy atom. The van der Waals surface area contributed by atoms with Gasteiger partial charge in [-0.15, -0.1) is 0 Å². The highest BCUT2D eigenvalue weighted by molar-refractivity contribution is 7.23. The van der Waals surface area contributed by atoms with Crippen molar-refractivity contribution in [3.8, 4) is 40.0 Å². The van der Waals surface area contributed by atoms with Crippen LogP contribution in [0.1, 0.15) is 0 Å². The third-order valence-electron chi connectivity index (χ3n) is 5.53. The molecular formula is C25H23N3O5S. The first-order valence-corrected chi connectivity index (χ1v) is 11.2. The number of ether oxygens (including phenoxy) is 4. The highest BCUT2D eigenvalue weighted by atomic mass is 32.1. The van der Waals surface area contributed by atoms with Gasteiger partial charge in [0.15, 0.2) is 28.0 Å².